The Hall–Kier alpha value is -3.68. The summed E-state index contributed by atoms with van der Waals surface area (Å²) in [6.07, 6.45) is -1.20. The molecule has 8 heteroatoms. The van der Waals surface area contributed by atoms with Crippen LogP contribution in [0.3, 0.4) is 0 Å². The highest BCUT2D eigenvalue weighted by Gasteiger charge is 2.24. The number of fused-ring (bicyclic) bond motifs is 1. The van der Waals surface area contributed by atoms with Gasteiger partial charge in [0.15, 0.2) is 6.10 Å². The van der Waals surface area contributed by atoms with Gasteiger partial charge in [-0.3, -0.25) is 20.4 Å². The highest BCUT2D eigenvalue weighted by atomic mass is 19.1. The molecule has 0 aliphatic heterocycles. The van der Waals surface area contributed by atoms with E-state index in [1.165, 1.54) is 25.1 Å². The summed E-state index contributed by atoms with van der Waals surface area (Å²) in [5, 5.41) is 0.444. The lowest BCUT2D eigenvalue weighted by atomic mass is 10.1. The van der Waals surface area contributed by atoms with E-state index in [0.717, 1.165) is 0 Å². The predicted molar refractivity (Wildman–Crippen MR) is 97.8 cm³/mol. The molecule has 0 aliphatic carbocycles. The van der Waals surface area contributed by atoms with Crippen LogP contribution in [0.2, 0.25) is 0 Å². The van der Waals surface area contributed by atoms with Crippen LogP contribution >= 0.6 is 0 Å². The van der Waals surface area contributed by atoms with Crippen LogP contribution in [0.25, 0.3) is 11.0 Å². The number of furan rings is 1. The molecule has 2 amide bonds. The van der Waals surface area contributed by atoms with E-state index in [1.807, 2.05) is 0 Å². The molecule has 0 spiro atoms. The number of hydrogen-bond donors (Lipinski definition) is 2. The number of carbonyl (C=O) groups is 3. The molecule has 144 valence electrons. The van der Waals surface area contributed by atoms with Gasteiger partial charge >= 0.3 is 5.97 Å². The second-order valence-corrected chi connectivity index (χ2v) is 6.05. The van der Waals surface area contributed by atoms with Crippen molar-refractivity contribution in [1.29, 1.82) is 0 Å². The molecular formula is C20H17FN2O5. The minimum Gasteiger partial charge on any atom is -0.449 e. The summed E-state index contributed by atoms with van der Waals surface area (Å²) < 4.78 is 23.9. The highest BCUT2D eigenvalue weighted by Crippen LogP contribution is 2.26. The third kappa shape index (κ3) is 4.01. The van der Waals surface area contributed by atoms with Crippen molar-refractivity contribution in [3.63, 3.8) is 0 Å². The first kappa shape index (κ1) is 19.1. The maximum atomic E-state index is 13.4. The van der Waals surface area contributed by atoms with E-state index in [4.69, 9.17) is 9.15 Å². The molecule has 1 aromatic heterocycles. The molecule has 1 atom stereocenters. The monoisotopic (exact) mass is 384 g/mol. The van der Waals surface area contributed by atoms with Crippen molar-refractivity contribution in [3.05, 3.63) is 71.2 Å². The average Bonchev–Trinajstić information content (AvgIpc) is 3.02. The summed E-state index contributed by atoms with van der Waals surface area (Å²) in [5.41, 5.74) is 5.52. The van der Waals surface area contributed by atoms with Gasteiger partial charge < -0.3 is 9.15 Å². The molecule has 3 rings (SSSR count). The van der Waals surface area contributed by atoms with Crippen LogP contribution in [0.15, 0.2) is 52.9 Å². The van der Waals surface area contributed by atoms with Gasteiger partial charge in [0.25, 0.3) is 11.8 Å². The molecular weight excluding hydrogens is 367 g/mol. The van der Waals surface area contributed by atoms with E-state index in [1.54, 1.807) is 37.3 Å². The highest BCUT2D eigenvalue weighted by molar-refractivity contribution is 5.98. The zero-order valence-electron chi connectivity index (χ0n) is 15.1. The number of amides is 2. The topological polar surface area (TPSA) is 97.6 Å². The van der Waals surface area contributed by atoms with Crippen LogP contribution in [0.5, 0.6) is 0 Å². The van der Waals surface area contributed by atoms with Crippen LogP contribution in [0.1, 0.15) is 33.4 Å². The van der Waals surface area contributed by atoms with E-state index in [9.17, 15) is 18.8 Å². The Bertz CT molecular complexity index is 1050. The van der Waals surface area contributed by atoms with Crippen molar-refractivity contribution in [3.8, 4) is 0 Å². The zero-order chi connectivity index (χ0) is 20.3. The minimum absolute atomic E-state index is 0.117. The van der Waals surface area contributed by atoms with Gasteiger partial charge in [0.05, 0.1) is 0 Å². The van der Waals surface area contributed by atoms with E-state index in [2.05, 4.69) is 10.9 Å². The lowest BCUT2D eigenvalue weighted by Gasteiger charge is -2.13. The second-order valence-electron chi connectivity index (χ2n) is 6.05. The summed E-state index contributed by atoms with van der Waals surface area (Å²) in [5.74, 6) is -2.68. The molecule has 0 aliphatic rings. The number of aryl methyl sites for hydroxylation is 1. The number of benzene rings is 2. The molecule has 2 N–H and O–H groups in total. The van der Waals surface area contributed by atoms with Gasteiger partial charge in [-0.2, -0.15) is 0 Å². The Morgan fingerprint density at radius 3 is 2.50 bits per heavy atom. The Morgan fingerprint density at radius 1 is 1.07 bits per heavy atom. The third-order valence-electron chi connectivity index (χ3n) is 4.07. The fraction of sp³-hybridized carbons (Fsp3) is 0.150. The fourth-order valence-electron chi connectivity index (χ4n) is 2.54. The predicted octanol–water partition coefficient (Wildman–Crippen LogP) is 2.89. The molecule has 1 heterocycles. The van der Waals surface area contributed by atoms with E-state index >= 15 is 0 Å². The van der Waals surface area contributed by atoms with Gasteiger partial charge in [-0.1, -0.05) is 18.2 Å². The first-order valence-electron chi connectivity index (χ1n) is 8.41. The van der Waals surface area contributed by atoms with E-state index in [-0.39, 0.29) is 5.76 Å². The van der Waals surface area contributed by atoms with Crippen LogP contribution in [0.4, 0.5) is 4.39 Å². The van der Waals surface area contributed by atoms with Gasteiger partial charge in [0.2, 0.25) is 5.76 Å². The third-order valence-corrected chi connectivity index (χ3v) is 4.07. The van der Waals surface area contributed by atoms with Crippen molar-refractivity contribution in [2.45, 2.75) is 20.0 Å². The summed E-state index contributed by atoms with van der Waals surface area (Å²) in [7, 11) is 0. The fourth-order valence-corrected chi connectivity index (χ4v) is 2.54. The number of esters is 1. The molecule has 0 bridgehead atoms. The van der Waals surface area contributed by atoms with Crippen LogP contribution in [0, 0.1) is 12.7 Å². The Balaban J connectivity index is 1.61. The molecule has 0 saturated carbocycles. The minimum atomic E-state index is -1.20. The van der Waals surface area contributed by atoms with Crippen molar-refractivity contribution in [2.24, 2.45) is 0 Å². The summed E-state index contributed by atoms with van der Waals surface area (Å²) >= 11 is 0. The maximum absolute atomic E-state index is 13.4. The van der Waals surface area contributed by atoms with Gasteiger partial charge in [-0.15, -0.1) is 0 Å². The van der Waals surface area contributed by atoms with Crippen molar-refractivity contribution in [1.82, 2.24) is 10.9 Å². The van der Waals surface area contributed by atoms with Crippen LogP contribution in [-0.2, 0) is 9.53 Å². The Labute approximate surface area is 159 Å². The summed E-state index contributed by atoms with van der Waals surface area (Å²) in [6, 6.07) is 12.2. The van der Waals surface area contributed by atoms with Crippen molar-refractivity contribution >= 4 is 28.8 Å². The molecule has 0 radical (unpaired) electrons. The van der Waals surface area contributed by atoms with Gasteiger partial charge in [-0.05, 0) is 44.2 Å². The zero-order valence-corrected chi connectivity index (χ0v) is 15.1. The average molecular weight is 384 g/mol. The number of halogens is 1. The van der Waals surface area contributed by atoms with Crippen LogP contribution < -0.4 is 10.9 Å². The first-order valence-corrected chi connectivity index (χ1v) is 8.41. The first-order chi connectivity index (χ1) is 13.4. The lowest BCUT2D eigenvalue weighted by Crippen LogP contribution is -2.46. The summed E-state index contributed by atoms with van der Waals surface area (Å²) in [6.45, 7) is 2.94. The van der Waals surface area contributed by atoms with Gasteiger partial charge in [-0.25, -0.2) is 9.18 Å². The SMILES string of the molecule is Cc1c(C(=O)O[C@H](C)C(=O)NNC(=O)c2ccccc2)oc2ccc(F)cc12. The number of carbonyl (C=O) groups excluding carboxylic acids is 3. The molecule has 2 aromatic carbocycles. The standard InChI is InChI=1S/C20H17FN2O5/c1-11-15-10-14(21)8-9-16(15)28-17(11)20(26)27-12(2)18(24)22-23-19(25)13-6-4-3-5-7-13/h3-10,12H,1-2H3,(H,22,24)(H,23,25)/t12-/m1/s1. The molecule has 28 heavy (non-hydrogen) atoms. The number of hydrogen-bond acceptors (Lipinski definition) is 5. The second kappa shape index (κ2) is 7.91. The Morgan fingerprint density at radius 2 is 1.79 bits per heavy atom. The van der Waals surface area contributed by atoms with Gasteiger partial charge in [0.1, 0.15) is 11.4 Å². The molecule has 7 nitrogen and oxygen atoms in total. The Kier molecular flexibility index (Phi) is 5.39. The van der Waals surface area contributed by atoms with Crippen molar-refractivity contribution in [2.75, 3.05) is 0 Å². The van der Waals surface area contributed by atoms with Crippen molar-refractivity contribution < 1.29 is 27.9 Å². The smallest absolute Gasteiger partial charge is 0.375 e. The molecule has 3 aromatic rings. The molecule has 0 unspecified atom stereocenters. The van der Waals surface area contributed by atoms with E-state index in [0.29, 0.717) is 22.1 Å². The number of ether oxygens (including phenoxy) is 1. The number of hydrazine groups is 1. The molecule has 0 saturated heterocycles. The normalized spacial score (nSPS) is 11.7. The maximum Gasteiger partial charge on any atom is 0.375 e. The number of rotatable bonds is 4. The largest absolute Gasteiger partial charge is 0.449 e. The summed E-state index contributed by atoms with van der Waals surface area (Å²) in [4.78, 5) is 36.3. The molecule has 0 fully saturated rings. The van der Waals surface area contributed by atoms with Crippen LogP contribution in [-0.4, -0.2) is 23.9 Å². The quantitative estimate of drug-likeness (QED) is 0.532. The van der Waals surface area contributed by atoms with Gasteiger partial charge in [0, 0.05) is 16.5 Å². The van der Waals surface area contributed by atoms with E-state index < -0.39 is 29.7 Å². The lowest BCUT2D eigenvalue weighted by molar-refractivity contribution is -0.129. The number of nitrogens with one attached hydrogen (secondary N) is 2.